The zero-order chi connectivity index (χ0) is 9.68. The Morgan fingerprint density at radius 3 is 3.08 bits per heavy atom. The molecule has 0 radical (unpaired) electrons. The summed E-state index contributed by atoms with van der Waals surface area (Å²) in [6, 6.07) is 5.77. The molecular weight excluding hydrogens is 182 g/mol. The van der Waals surface area contributed by atoms with Gasteiger partial charge in [0.2, 0.25) is 0 Å². The highest BCUT2D eigenvalue weighted by molar-refractivity contribution is 8.00. The topological polar surface area (TPSA) is 62.7 Å². The van der Waals surface area contributed by atoms with Crippen LogP contribution >= 0.6 is 11.8 Å². The second kappa shape index (κ2) is 4.73. The van der Waals surface area contributed by atoms with Crippen LogP contribution in [-0.4, -0.2) is 10.2 Å². The molecule has 4 heteroatoms. The number of nitrogen functional groups attached to an aromatic ring is 1. The molecule has 0 amide bonds. The average molecular weight is 193 g/mol. The van der Waals surface area contributed by atoms with Crippen molar-refractivity contribution >= 4 is 17.4 Å². The van der Waals surface area contributed by atoms with Gasteiger partial charge in [0.1, 0.15) is 5.03 Å². The molecule has 0 fully saturated rings. The maximum Gasteiger partial charge on any atom is 0.120 e. The van der Waals surface area contributed by atoms with E-state index in [9.17, 15) is 0 Å². The number of thioether (sulfide) groups is 1. The van der Waals surface area contributed by atoms with E-state index in [0.717, 1.165) is 11.4 Å². The number of nitrogens with two attached hydrogens (primary N) is 1. The molecule has 1 aromatic rings. The summed E-state index contributed by atoms with van der Waals surface area (Å²) in [5.74, 6) is 0. The predicted octanol–water partition coefficient (Wildman–Crippen LogP) is 2.06. The van der Waals surface area contributed by atoms with Gasteiger partial charge in [0.05, 0.1) is 17.0 Å². The third-order valence-corrected chi connectivity index (χ3v) is 2.86. The fourth-order valence-electron chi connectivity index (χ4n) is 0.837. The molecule has 1 atom stereocenters. The van der Waals surface area contributed by atoms with Crippen LogP contribution in [0.15, 0.2) is 23.4 Å². The summed E-state index contributed by atoms with van der Waals surface area (Å²) in [5.41, 5.74) is 6.33. The molecule has 0 saturated carbocycles. The standard InChI is InChI=1S/C9H11N3S/c1-2-7(6-10)13-9-8(11)4-3-5-12-9/h3-5,7H,2,11H2,1H3. The van der Waals surface area contributed by atoms with Crippen molar-refractivity contribution in [1.29, 1.82) is 5.26 Å². The molecule has 13 heavy (non-hydrogen) atoms. The second-order valence-corrected chi connectivity index (χ2v) is 3.73. The van der Waals surface area contributed by atoms with Crippen molar-refractivity contribution in [3.05, 3.63) is 18.3 Å². The predicted molar refractivity (Wildman–Crippen MR) is 54.2 cm³/mol. The molecule has 3 nitrogen and oxygen atoms in total. The van der Waals surface area contributed by atoms with Gasteiger partial charge in [0.15, 0.2) is 0 Å². The summed E-state index contributed by atoms with van der Waals surface area (Å²) in [6.07, 6.45) is 2.49. The molecule has 0 aliphatic heterocycles. The lowest BCUT2D eigenvalue weighted by Gasteiger charge is -2.06. The molecular formula is C9H11N3S. The first kappa shape index (κ1) is 9.87. The Bertz CT molecular complexity index is 319. The first-order valence-electron chi connectivity index (χ1n) is 4.04. The Kier molecular flexibility index (Phi) is 3.59. The molecule has 1 unspecified atom stereocenters. The number of rotatable bonds is 3. The fraction of sp³-hybridized carbons (Fsp3) is 0.333. The Hall–Kier alpha value is -1.21. The summed E-state index contributed by atoms with van der Waals surface area (Å²) in [6.45, 7) is 1.97. The summed E-state index contributed by atoms with van der Waals surface area (Å²) in [7, 11) is 0. The Morgan fingerprint density at radius 1 is 1.77 bits per heavy atom. The Balaban J connectivity index is 2.74. The maximum absolute atomic E-state index is 8.74. The van der Waals surface area contributed by atoms with Crippen molar-refractivity contribution in [3.63, 3.8) is 0 Å². The van der Waals surface area contributed by atoms with Crippen LogP contribution in [0.25, 0.3) is 0 Å². The van der Waals surface area contributed by atoms with Crippen molar-refractivity contribution in [2.24, 2.45) is 0 Å². The van der Waals surface area contributed by atoms with Crippen LogP contribution < -0.4 is 5.73 Å². The average Bonchev–Trinajstić information content (AvgIpc) is 2.17. The Labute approximate surface area is 82.0 Å². The van der Waals surface area contributed by atoms with Gasteiger partial charge in [0.25, 0.3) is 0 Å². The maximum atomic E-state index is 8.74. The molecule has 0 bridgehead atoms. The molecule has 68 valence electrons. The van der Waals surface area contributed by atoms with Crippen molar-refractivity contribution in [2.75, 3.05) is 5.73 Å². The van der Waals surface area contributed by atoms with Crippen LogP contribution in [0.4, 0.5) is 5.69 Å². The van der Waals surface area contributed by atoms with Crippen LogP contribution in [0.2, 0.25) is 0 Å². The molecule has 0 aromatic carbocycles. The van der Waals surface area contributed by atoms with Gasteiger partial charge in [-0.05, 0) is 18.6 Å². The number of pyridine rings is 1. The van der Waals surface area contributed by atoms with Crippen molar-refractivity contribution in [3.8, 4) is 6.07 Å². The summed E-state index contributed by atoms with van der Waals surface area (Å²) < 4.78 is 0. The third-order valence-electron chi connectivity index (χ3n) is 1.57. The minimum Gasteiger partial charge on any atom is -0.397 e. The van der Waals surface area contributed by atoms with E-state index in [-0.39, 0.29) is 5.25 Å². The van der Waals surface area contributed by atoms with E-state index in [0.29, 0.717) is 5.69 Å². The van der Waals surface area contributed by atoms with Gasteiger partial charge in [-0.2, -0.15) is 5.26 Å². The summed E-state index contributed by atoms with van der Waals surface area (Å²) in [4.78, 5) is 4.10. The van der Waals surface area contributed by atoms with E-state index in [1.54, 1.807) is 18.3 Å². The van der Waals surface area contributed by atoms with E-state index in [2.05, 4.69) is 11.1 Å². The van der Waals surface area contributed by atoms with E-state index in [1.165, 1.54) is 11.8 Å². The fourth-order valence-corrected chi connectivity index (χ4v) is 1.65. The normalized spacial score (nSPS) is 12.0. The van der Waals surface area contributed by atoms with E-state index in [4.69, 9.17) is 11.0 Å². The van der Waals surface area contributed by atoms with Crippen LogP contribution in [-0.2, 0) is 0 Å². The third kappa shape index (κ3) is 2.63. The molecule has 0 saturated heterocycles. The summed E-state index contributed by atoms with van der Waals surface area (Å²) in [5, 5.41) is 9.43. The first-order chi connectivity index (χ1) is 6.27. The number of anilines is 1. The lowest BCUT2D eigenvalue weighted by atomic mass is 10.4. The van der Waals surface area contributed by atoms with Crippen LogP contribution in [0.3, 0.4) is 0 Å². The molecule has 0 aliphatic rings. The number of hydrogen-bond acceptors (Lipinski definition) is 4. The van der Waals surface area contributed by atoms with Crippen molar-refractivity contribution in [2.45, 2.75) is 23.6 Å². The van der Waals surface area contributed by atoms with Crippen LogP contribution in [0.1, 0.15) is 13.3 Å². The highest BCUT2D eigenvalue weighted by Gasteiger charge is 2.09. The molecule has 2 N–H and O–H groups in total. The minimum absolute atomic E-state index is 0.0581. The number of aromatic nitrogens is 1. The van der Waals surface area contributed by atoms with Gasteiger partial charge < -0.3 is 5.73 Å². The number of nitriles is 1. The van der Waals surface area contributed by atoms with Gasteiger partial charge in [-0.15, -0.1) is 0 Å². The smallest absolute Gasteiger partial charge is 0.120 e. The highest BCUT2D eigenvalue weighted by atomic mass is 32.2. The van der Waals surface area contributed by atoms with E-state index >= 15 is 0 Å². The Morgan fingerprint density at radius 2 is 2.54 bits per heavy atom. The largest absolute Gasteiger partial charge is 0.397 e. The lowest BCUT2D eigenvalue weighted by molar-refractivity contribution is 0.978. The van der Waals surface area contributed by atoms with Gasteiger partial charge in [-0.3, -0.25) is 0 Å². The van der Waals surface area contributed by atoms with Crippen LogP contribution in [0.5, 0.6) is 0 Å². The lowest BCUT2D eigenvalue weighted by Crippen LogP contribution is -1.99. The van der Waals surface area contributed by atoms with E-state index in [1.807, 2.05) is 6.92 Å². The minimum atomic E-state index is -0.0581. The monoisotopic (exact) mass is 193 g/mol. The first-order valence-corrected chi connectivity index (χ1v) is 4.92. The van der Waals surface area contributed by atoms with Crippen LogP contribution in [0, 0.1) is 11.3 Å². The molecule has 0 aliphatic carbocycles. The molecule has 1 aromatic heterocycles. The molecule has 1 heterocycles. The highest BCUT2D eigenvalue weighted by Crippen LogP contribution is 2.27. The van der Waals surface area contributed by atoms with Gasteiger partial charge >= 0.3 is 0 Å². The van der Waals surface area contributed by atoms with Gasteiger partial charge in [-0.25, -0.2) is 4.98 Å². The zero-order valence-corrected chi connectivity index (χ0v) is 8.21. The summed E-state index contributed by atoms with van der Waals surface area (Å²) >= 11 is 1.42. The second-order valence-electron chi connectivity index (χ2n) is 2.54. The van der Waals surface area contributed by atoms with E-state index < -0.39 is 0 Å². The molecule has 0 spiro atoms. The van der Waals surface area contributed by atoms with Crippen molar-refractivity contribution in [1.82, 2.24) is 4.98 Å². The quantitative estimate of drug-likeness (QED) is 0.746. The number of hydrogen-bond donors (Lipinski definition) is 1. The van der Waals surface area contributed by atoms with Gasteiger partial charge in [0, 0.05) is 6.20 Å². The molecule has 1 rings (SSSR count). The van der Waals surface area contributed by atoms with Gasteiger partial charge in [-0.1, -0.05) is 18.7 Å². The number of nitrogens with zero attached hydrogens (tertiary/aromatic N) is 2. The SMILES string of the molecule is CCC(C#N)Sc1ncccc1N. The van der Waals surface area contributed by atoms with Crippen molar-refractivity contribution < 1.29 is 0 Å². The zero-order valence-electron chi connectivity index (χ0n) is 7.40.